The summed E-state index contributed by atoms with van der Waals surface area (Å²) in [5.41, 5.74) is 0.991. The van der Waals surface area contributed by atoms with E-state index in [0.29, 0.717) is 12.6 Å². The van der Waals surface area contributed by atoms with E-state index in [1.807, 2.05) is 9.80 Å². The summed E-state index contributed by atoms with van der Waals surface area (Å²) in [4.78, 5) is 19.0. The molecule has 1 atom stereocenters. The van der Waals surface area contributed by atoms with Gasteiger partial charge in [0.1, 0.15) is 5.82 Å². The van der Waals surface area contributed by atoms with Crippen molar-refractivity contribution in [1.82, 2.24) is 14.7 Å². The topological polar surface area (TPSA) is 26.8 Å². The van der Waals surface area contributed by atoms with Crippen LogP contribution in [0.1, 0.15) is 24.8 Å². The van der Waals surface area contributed by atoms with Crippen LogP contribution in [0.3, 0.4) is 0 Å². The van der Waals surface area contributed by atoms with Crippen LogP contribution < -0.4 is 0 Å². The number of carbonyl (C=O) groups excluding carboxylic acids is 1. The number of halogens is 1. The predicted molar refractivity (Wildman–Crippen MR) is 81.9 cm³/mol. The second-order valence-corrected chi connectivity index (χ2v) is 6.72. The van der Waals surface area contributed by atoms with Crippen molar-refractivity contribution < 1.29 is 9.18 Å². The molecular formula is C17H22FN3O. The van der Waals surface area contributed by atoms with Gasteiger partial charge in [-0.15, -0.1) is 0 Å². The lowest BCUT2D eigenvalue weighted by Crippen LogP contribution is -2.56. The van der Waals surface area contributed by atoms with Crippen LogP contribution in [0, 0.1) is 5.82 Å². The molecule has 4 rings (SSSR count). The lowest BCUT2D eigenvalue weighted by Gasteiger charge is -2.44. The Hall–Kier alpha value is -1.62. The lowest BCUT2D eigenvalue weighted by molar-refractivity contribution is 0.0558. The molecule has 2 heterocycles. The first-order valence-corrected chi connectivity index (χ1v) is 8.25. The Morgan fingerprint density at radius 1 is 1.05 bits per heavy atom. The summed E-state index contributed by atoms with van der Waals surface area (Å²) in [6.07, 6.45) is 3.99. The molecule has 22 heavy (non-hydrogen) atoms. The summed E-state index contributed by atoms with van der Waals surface area (Å²) in [6, 6.07) is 7.66. The average Bonchev–Trinajstić information content (AvgIpc) is 2.76. The molecule has 0 N–H and O–H groups in total. The first kappa shape index (κ1) is 14.0. The van der Waals surface area contributed by atoms with Crippen LogP contribution in [0.15, 0.2) is 24.3 Å². The SMILES string of the molecule is O=C1N(Cc2ccc(F)cc2)CC2CN(C3CCC3)CCN12. The van der Waals surface area contributed by atoms with Crippen molar-refractivity contribution in [2.45, 2.75) is 37.9 Å². The number of hydrogen-bond donors (Lipinski definition) is 0. The van der Waals surface area contributed by atoms with E-state index in [1.54, 1.807) is 12.1 Å². The number of benzene rings is 1. The fraction of sp³-hybridized carbons (Fsp3) is 0.588. The molecule has 5 heteroatoms. The maximum Gasteiger partial charge on any atom is 0.320 e. The van der Waals surface area contributed by atoms with Gasteiger partial charge >= 0.3 is 6.03 Å². The van der Waals surface area contributed by atoms with Crippen molar-refractivity contribution in [3.8, 4) is 0 Å². The van der Waals surface area contributed by atoms with Gasteiger partial charge in [-0.3, -0.25) is 4.90 Å². The number of carbonyl (C=O) groups is 1. The van der Waals surface area contributed by atoms with Gasteiger partial charge in [-0.2, -0.15) is 0 Å². The number of hydrogen-bond acceptors (Lipinski definition) is 2. The van der Waals surface area contributed by atoms with Gasteiger partial charge in [0, 0.05) is 38.8 Å². The molecule has 0 aromatic heterocycles. The largest absolute Gasteiger partial charge is 0.320 e. The van der Waals surface area contributed by atoms with Crippen LogP contribution in [0.4, 0.5) is 9.18 Å². The minimum Gasteiger partial charge on any atom is -0.318 e. The second-order valence-electron chi connectivity index (χ2n) is 6.72. The summed E-state index contributed by atoms with van der Waals surface area (Å²) in [7, 11) is 0. The quantitative estimate of drug-likeness (QED) is 0.856. The molecule has 1 aliphatic carbocycles. The van der Waals surface area contributed by atoms with Gasteiger partial charge < -0.3 is 9.80 Å². The summed E-state index contributed by atoms with van der Waals surface area (Å²) in [6.45, 7) is 4.24. The zero-order valence-electron chi connectivity index (χ0n) is 12.7. The van der Waals surface area contributed by atoms with E-state index >= 15 is 0 Å². The summed E-state index contributed by atoms with van der Waals surface area (Å²) < 4.78 is 13.0. The zero-order valence-corrected chi connectivity index (χ0v) is 12.7. The van der Waals surface area contributed by atoms with Crippen LogP contribution in [0.25, 0.3) is 0 Å². The molecule has 1 saturated carbocycles. The van der Waals surface area contributed by atoms with Gasteiger partial charge in [-0.1, -0.05) is 18.6 Å². The maximum absolute atomic E-state index is 13.0. The third kappa shape index (κ3) is 2.47. The van der Waals surface area contributed by atoms with Crippen LogP contribution in [0.5, 0.6) is 0 Å². The second kappa shape index (κ2) is 5.54. The molecule has 2 amide bonds. The van der Waals surface area contributed by atoms with Crippen LogP contribution in [-0.2, 0) is 6.54 Å². The molecule has 4 nitrogen and oxygen atoms in total. The van der Waals surface area contributed by atoms with Crippen molar-refractivity contribution >= 4 is 6.03 Å². The number of nitrogens with zero attached hydrogens (tertiary/aromatic N) is 3. The monoisotopic (exact) mass is 303 g/mol. The molecule has 0 bridgehead atoms. The fourth-order valence-electron chi connectivity index (χ4n) is 3.83. The Kier molecular flexibility index (Phi) is 3.53. The standard InChI is InChI=1S/C17H22FN3O/c18-14-6-4-13(5-7-14)10-20-12-16-11-19(15-2-1-3-15)8-9-21(16)17(20)22/h4-7,15-16H,1-3,8-12H2. The van der Waals surface area contributed by atoms with Gasteiger partial charge in [0.05, 0.1) is 6.04 Å². The third-order valence-corrected chi connectivity index (χ3v) is 5.34. The number of piperazine rings is 1. The van der Waals surface area contributed by atoms with Crippen molar-refractivity contribution in [1.29, 1.82) is 0 Å². The molecule has 3 fully saturated rings. The predicted octanol–water partition coefficient (Wildman–Crippen LogP) is 2.30. The van der Waals surface area contributed by atoms with E-state index in [-0.39, 0.29) is 11.8 Å². The van der Waals surface area contributed by atoms with Crippen molar-refractivity contribution in [3.63, 3.8) is 0 Å². The first-order chi connectivity index (χ1) is 10.7. The van der Waals surface area contributed by atoms with Crippen molar-refractivity contribution in [3.05, 3.63) is 35.6 Å². The molecule has 1 aromatic rings. The van der Waals surface area contributed by atoms with E-state index < -0.39 is 0 Å². The first-order valence-electron chi connectivity index (χ1n) is 8.25. The lowest BCUT2D eigenvalue weighted by atomic mass is 9.90. The molecule has 1 aromatic carbocycles. The summed E-state index contributed by atoms with van der Waals surface area (Å²) >= 11 is 0. The van der Waals surface area contributed by atoms with E-state index in [0.717, 1.165) is 37.8 Å². The van der Waals surface area contributed by atoms with Gasteiger partial charge in [-0.25, -0.2) is 9.18 Å². The van der Waals surface area contributed by atoms with Crippen molar-refractivity contribution in [2.24, 2.45) is 0 Å². The highest BCUT2D eigenvalue weighted by Crippen LogP contribution is 2.29. The fourth-order valence-corrected chi connectivity index (χ4v) is 3.83. The molecular weight excluding hydrogens is 281 g/mol. The number of urea groups is 1. The van der Waals surface area contributed by atoms with Crippen LogP contribution in [-0.4, -0.2) is 59.0 Å². The molecule has 2 aliphatic heterocycles. The Morgan fingerprint density at radius 2 is 1.82 bits per heavy atom. The van der Waals surface area contributed by atoms with Gasteiger partial charge in [0.2, 0.25) is 0 Å². The summed E-state index contributed by atoms with van der Waals surface area (Å²) in [5, 5.41) is 0. The van der Waals surface area contributed by atoms with Crippen LogP contribution in [0.2, 0.25) is 0 Å². The van der Waals surface area contributed by atoms with Gasteiger partial charge in [0.15, 0.2) is 0 Å². The Balaban J connectivity index is 1.41. The van der Waals surface area contributed by atoms with Crippen LogP contribution >= 0.6 is 0 Å². The number of amides is 2. The average molecular weight is 303 g/mol. The number of fused-ring (bicyclic) bond motifs is 1. The molecule has 2 saturated heterocycles. The molecule has 3 aliphatic rings. The zero-order chi connectivity index (χ0) is 15.1. The number of rotatable bonds is 3. The van der Waals surface area contributed by atoms with E-state index in [4.69, 9.17) is 0 Å². The maximum atomic E-state index is 13.0. The minimum absolute atomic E-state index is 0.141. The highest BCUT2D eigenvalue weighted by Gasteiger charge is 2.42. The Bertz CT molecular complexity index is 558. The smallest absolute Gasteiger partial charge is 0.318 e. The highest BCUT2D eigenvalue weighted by atomic mass is 19.1. The highest BCUT2D eigenvalue weighted by molar-refractivity contribution is 5.77. The molecule has 118 valence electrons. The van der Waals surface area contributed by atoms with Crippen molar-refractivity contribution in [2.75, 3.05) is 26.2 Å². The van der Waals surface area contributed by atoms with E-state index in [1.165, 1.54) is 31.4 Å². The molecule has 0 radical (unpaired) electrons. The molecule has 0 spiro atoms. The van der Waals surface area contributed by atoms with Gasteiger partial charge in [-0.05, 0) is 30.5 Å². The van der Waals surface area contributed by atoms with E-state index in [2.05, 4.69) is 4.90 Å². The Labute approximate surface area is 130 Å². The molecule has 1 unspecified atom stereocenters. The minimum atomic E-state index is -0.231. The Morgan fingerprint density at radius 3 is 2.50 bits per heavy atom. The third-order valence-electron chi connectivity index (χ3n) is 5.34. The summed E-state index contributed by atoms with van der Waals surface area (Å²) in [5.74, 6) is -0.231. The van der Waals surface area contributed by atoms with E-state index in [9.17, 15) is 9.18 Å². The van der Waals surface area contributed by atoms with Gasteiger partial charge in [0.25, 0.3) is 0 Å². The normalized spacial score (nSPS) is 26.2.